The zero-order valence-electron chi connectivity index (χ0n) is 10.2. The van der Waals surface area contributed by atoms with Gasteiger partial charge in [0.15, 0.2) is 0 Å². The molecule has 0 aliphatic carbocycles. The molecule has 1 aliphatic heterocycles. The Morgan fingerprint density at radius 2 is 2.06 bits per heavy atom. The monoisotopic (exact) mass is 291 g/mol. The summed E-state index contributed by atoms with van der Waals surface area (Å²) in [6, 6.07) is 0. The fourth-order valence-electron chi connectivity index (χ4n) is 2.05. The Bertz CT molecular complexity index is 213. The zero-order valence-corrected chi connectivity index (χ0v) is 11.8. The quantitative estimate of drug-likeness (QED) is 0.743. The number of hydrogen-bond acceptors (Lipinski definition) is 2. The lowest BCUT2D eigenvalue weighted by Crippen LogP contribution is -2.39. The number of likely N-dealkylation sites (tertiary alicyclic amines) is 1. The number of nitrogens with zero attached hydrogens (tertiary/aromatic N) is 1. The SMILES string of the molecule is CC(C)OC(=O)N1CCC(CCCBr)CC1. The van der Waals surface area contributed by atoms with Crippen molar-refractivity contribution in [3.05, 3.63) is 0 Å². The molecule has 0 aromatic rings. The number of alkyl halides is 1. The predicted molar refractivity (Wildman–Crippen MR) is 68.9 cm³/mol. The molecular weight excluding hydrogens is 270 g/mol. The first-order valence-electron chi connectivity index (χ1n) is 6.15. The minimum Gasteiger partial charge on any atom is -0.447 e. The van der Waals surface area contributed by atoms with E-state index in [-0.39, 0.29) is 12.2 Å². The van der Waals surface area contributed by atoms with Crippen LogP contribution in [0.5, 0.6) is 0 Å². The van der Waals surface area contributed by atoms with Crippen molar-refractivity contribution in [3.8, 4) is 0 Å². The molecule has 0 atom stereocenters. The molecule has 1 saturated heterocycles. The Kier molecular flexibility index (Phi) is 6.17. The van der Waals surface area contributed by atoms with E-state index in [1.165, 1.54) is 12.8 Å². The van der Waals surface area contributed by atoms with Crippen LogP contribution in [-0.4, -0.2) is 35.5 Å². The average molecular weight is 292 g/mol. The number of amides is 1. The number of piperidine rings is 1. The highest BCUT2D eigenvalue weighted by Crippen LogP contribution is 2.22. The van der Waals surface area contributed by atoms with Crippen LogP contribution in [0, 0.1) is 5.92 Å². The van der Waals surface area contributed by atoms with Crippen molar-refractivity contribution in [1.82, 2.24) is 4.90 Å². The molecule has 1 heterocycles. The maximum atomic E-state index is 11.6. The second kappa shape index (κ2) is 7.15. The van der Waals surface area contributed by atoms with E-state index < -0.39 is 0 Å². The van der Waals surface area contributed by atoms with E-state index in [0.29, 0.717) is 0 Å². The Hall–Kier alpha value is -0.250. The molecule has 16 heavy (non-hydrogen) atoms. The van der Waals surface area contributed by atoms with Crippen molar-refractivity contribution in [2.24, 2.45) is 5.92 Å². The maximum absolute atomic E-state index is 11.6. The third-order valence-corrected chi connectivity index (χ3v) is 3.52. The van der Waals surface area contributed by atoms with Crippen molar-refractivity contribution in [3.63, 3.8) is 0 Å². The number of halogens is 1. The van der Waals surface area contributed by atoms with Gasteiger partial charge in [-0.3, -0.25) is 0 Å². The molecule has 0 unspecified atom stereocenters. The predicted octanol–water partition coefficient (Wildman–Crippen LogP) is 3.42. The van der Waals surface area contributed by atoms with Crippen molar-refractivity contribution >= 4 is 22.0 Å². The van der Waals surface area contributed by atoms with Gasteiger partial charge in [0.1, 0.15) is 0 Å². The van der Waals surface area contributed by atoms with Gasteiger partial charge in [-0.1, -0.05) is 15.9 Å². The molecule has 3 nitrogen and oxygen atoms in total. The Labute approximate surface area is 107 Å². The van der Waals surface area contributed by atoms with Gasteiger partial charge >= 0.3 is 6.09 Å². The highest BCUT2D eigenvalue weighted by molar-refractivity contribution is 9.09. The van der Waals surface area contributed by atoms with Crippen molar-refractivity contribution in [2.45, 2.75) is 45.6 Å². The van der Waals surface area contributed by atoms with Crippen LogP contribution >= 0.6 is 15.9 Å². The minimum atomic E-state index is -0.144. The molecule has 0 radical (unpaired) electrons. The summed E-state index contributed by atoms with van der Waals surface area (Å²) in [6.07, 6.45) is 4.60. The molecule has 0 aromatic heterocycles. The van der Waals surface area contributed by atoms with E-state index in [4.69, 9.17) is 4.74 Å². The number of carbonyl (C=O) groups is 1. The Morgan fingerprint density at radius 3 is 2.56 bits per heavy atom. The van der Waals surface area contributed by atoms with Gasteiger partial charge < -0.3 is 9.64 Å². The Morgan fingerprint density at radius 1 is 1.44 bits per heavy atom. The molecule has 0 aromatic carbocycles. The molecular formula is C12H22BrNO2. The normalized spacial score (nSPS) is 17.9. The van der Waals surface area contributed by atoms with Gasteiger partial charge in [-0.15, -0.1) is 0 Å². The van der Waals surface area contributed by atoms with Crippen LogP contribution in [0.4, 0.5) is 4.79 Å². The molecule has 1 amide bonds. The summed E-state index contributed by atoms with van der Waals surface area (Å²) in [5.74, 6) is 0.792. The number of hydrogen-bond donors (Lipinski definition) is 0. The van der Waals surface area contributed by atoms with Crippen molar-refractivity contribution in [1.29, 1.82) is 0 Å². The smallest absolute Gasteiger partial charge is 0.410 e. The second-order valence-corrected chi connectivity index (χ2v) is 5.49. The van der Waals surface area contributed by atoms with E-state index >= 15 is 0 Å². The summed E-state index contributed by atoms with van der Waals surface area (Å²) in [7, 11) is 0. The van der Waals surface area contributed by atoms with Gasteiger partial charge in [-0.2, -0.15) is 0 Å². The third-order valence-electron chi connectivity index (χ3n) is 2.96. The molecule has 1 rings (SSSR count). The summed E-state index contributed by atoms with van der Waals surface area (Å²) in [5.41, 5.74) is 0. The van der Waals surface area contributed by atoms with Gasteiger partial charge in [0.2, 0.25) is 0 Å². The fourth-order valence-corrected chi connectivity index (χ4v) is 2.37. The topological polar surface area (TPSA) is 29.5 Å². The van der Waals surface area contributed by atoms with E-state index in [0.717, 1.165) is 37.2 Å². The third kappa shape index (κ3) is 4.73. The van der Waals surface area contributed by atoms with Gasteiger partial charge in [0.25, 0.3) is 0 Å². The first-order chi connectivity index (χ1) is 7.63. The van der Waals surface area contributed by atoms with Gasteiger partial charge in [0, 0.05) is 18.4 Å². The Balaban J connectivity index is 2.23. The summed E-state index contributed by atoms with van der Waals surface area (Å²) >= 11 is 3.45. The highest BCUT2D eigenvalue weighted by Gasteiger charge is 2.23. The number of ether oxygens (including phenoxy) is 1. The molecule has 1 aliphatic rings. The maximum Gasteiger partial charge on any atom is 0.410 e. The van der Waals surface area contributed by atoms with E-state index in [1.54, 1.807) is 0 Å². The van der Waals surface area contributed by atoms with Gasteiger partial charge in [0.05, 0.1) is 6.10 Å². The lowest BCUT2D eigenvalue weighted by molar-refractivity contribution is 0.0648. The second-order valence-electron chi connectivity index (χ2n) is 4.69. The van der Waals surface area contributed by atoms with Crippen LogP contribution in [-0.2, 0) is 4.74 Å². The first-order valence-corrected chi connectivity index (χ1v) is 7.27. The van der Waals surface area contributed by atoms with Crippen LogP contribution in [0.1, 0.15) is 39.5 Å². The molecule has 94 valence electrons. The number of carbonyl (C=O) groups excluding carboxylic acids is 1. The van der Waals surface area contributed by atoms with Crippen LogP contribution in [0.2, 0.25) is 0 Å². The van der Waals surface area contributed by atoms with Crippen LogP contribution in [0.15, 0.2) is 0 Å². The summed E-state index contributed by atoms with van der Waals surface area (Å²) in [4.78, 5) is 13.5. The molecule has 1 fully saturated rings. The standard InChI is InChI=1S/C12H22BrNO2/c1-10(2)16-12(15)14-8-5-11(6-9-14)4-3-7-13/h10-11H,3-9H2,1-2H3. The van der Waals surface area contributed by atoms with E-state index in [2.05, 4.69) is 15.9 Å². The van der Waals surface area contributed by atoms with Gasteiger partial charge in [-0.05, 0) is 45.4 Å². The van der Waals surface area contributed by atoms with E-state index in [9.17, 15) is 4.79 Å². The molecule has 4 heteroatoms. The molecule has 0 N–H and O–H groups in total. The van der Waals surface area contributed by atoms with Gasteiger partial charge in [-0.25, -0.2) is 4.79 Å². The highest BCUT2D eigenvalue weighted by atomic mass is 79.9. The number of rotatable bonds is 4. The lowest BCUT2D eigenvalue weighted by atomic mass is 9.93. The van der Waals surface area contributed by atoms with E-state index in [1.807, 2.05) is 18.7 Å². The minimum absolute atomic E-state index is 0.0152. The zero-order chi connectivity index (χ0) is 12.0. The average Bonchev–Trinajstić information content (AvgIpc) is 2.26. The van der Waals surface area contributed by atoms with Crippen LogP contribution < -0.4 is 0 Å². The summed E-state index contributed by atoms with van der Waals surface area (Å²) < 4.78 is 5.19. The lowest BCUT2D eigenvalue weighted by Gasteiger charge is -2.31. The summed E-state index contributed by atoms with van der Waals surface area (Å²) in [6.45, 7) is 5.50. The van der Waals surface area contributed by atoms with Crippen LogP contribution in [0.25, 0.3) is 0 Å². The molecule has 0 spiro atoms. The molecule has 0 bridgehead atoms. The largest absolute Gasteiger partial charge is 0.447 e. The summed E-state index contributed by atoms with van der Waals surface area (Å²) in [5, 5.41) is 1.09. The molecule has 0 saturated carbocycles. The van der Waals surface area contributed by atoms with Crippen molar-refractivity contribution in [2.75, 3.05) is 18.4 Å². The first kappa shape index (κ1) is 13.8. The van der Waals surface area contributed by atoms with Crippen LogP contribution in [0.3, 0.4) is 0 Å². The fraction of sp³-hybridized carbons (Fsp3) is 0.917. The van der Waals surface area contributed by atoms with Crippen molar-refractivity contribution < 1.29 is 9.53 Å².